The van der Waals surface area contributed by atoms with Gasteiger partial charge in [0.05, 0.1) is 5.69 Å². The molecule has 18 heavy (non-hydrogen) atoms. The monoisotopic (exact) mass is 244 g/mol. The summed E-state index contributed by atoms with van der Waals surface area (Å²) >= 11 is 0. The van der Waals surface area contributed by atoms with Gasteiger partial charge in [0.2, 0.25) is 5.76 Å². The summed E-state index contributed by atoms with van der Waals surface area (Å²) in [5, 5.41) is 6.45. The number of hydrogen-bond donors (Lipinski definition) is 1. The Labute approximate surface area is 106 Å². The number of nitrogens with zero attached hydrogens (tertiary/aromatic N) is 1. The molecular formula is C14H16N2O2. The SMILES string of the molecule is Cc1cc(C(=O)Nc2ccc(C(C)C)cc2)on1. The summed E-state index contributed by atoms with van der Waals surface area (Å²) in [6, 6.07) is 9.39. The number of nitrogens with one attached hydrogen (secondary N) is 1. The van der Waals surface area contributed by atoms with Gasteiger partial charge < -0.3 is 9.84 Å². The minimum Gasteiger partial charge on any atom is -0.351 e. The van der Waals surface area contributed by atoms with Crippen molar-refractivity contribution >= 4 is 11.6 Å². The minimum absolute atomic E-state index is 0.223. The standard InChI is InChI=1S/C14H16N2O2/c1-9(2)11-4-6-12(7-5-11)15-14(17)13-8-10(3)16-18-13/h4-9H,1-3H3,(H,15,17). The third-order valence-corrected chi connectivity index (χ3v) is 2.69. The van der Waals surface area contributed by atoms with Crippen molar-refractivity contribution in [3.63, 3.8) is 0 Å². The first-order valence-corrected chi connectivity index (χ1v) is 5.91. The molecule has 1 aromatic carbocycles. The van der Waals surface area contributed by atoms with Crippen molar-refractivity contribution in [3.05, 3.63) is 47.3 Å². The Kier molecular flexibility index (Phi) is 3.46. The van der Waals surface area contributed by atoms with E-state index in [1.807, 2.05) is 24.3 Å². The van der Waals surface area contributed by atoms with Crippen LogP contribution in [0.25, 0.3) is 0 Å². The van der Waals surface area contributed by atoms with E-state index >= 15 is 0 Å². The van der Waals surface area contributed by atoms with E-state index in [4.69, 9.17) is 4.52 Å². The quantitative estimate of drug-likeness (QED) is 0.900. The number of aryl methyl sites for hydroxylation is 1. The van der Waals surface area contributed by atoms with Crippen LogP contribution in [0, 0.1) is 6.92 Å². The molecule has 0 saturated heterocycles. The zero-order chi connectivity index (χ0) is 13.1. The van der Waals surface area contributed by atoms with E-state index in [1.54, 1.807) is 13.0 Å². The number of carbonyl (C=O) groups excluding carboxylic acids is 1. The summed E-state index contributed by atoms with van der Waals surface area (Å²) in [5.74, 6) is 0.417. The van der Waals surface area contributed by atoms with Crippen LogP contribution in [0.1, 0.15) is 41.6 Å². The third-order valence-electron chi connectivity index (χ3n) is 2.69. The lowest BCUT2D eigenvalue weighted by atomic mass is 10.0. The Morgan fingerprint density at radius 1 is 1.28 bits per heavy atom. The van der Waals surface area contributed by atoms with E-state index in [0.29, 0.717) is 11.6 Å². The molecule has 0 saturated carbocycles. The molecule has 2 aromatic rings. The second kappa shape index (κ2) is 5.04. The number of benzene rings is 1. The molecule has 0 radical (unpaired) electrons. The summed E-state index contributed by atoms with van der Waals surface area (Å²) in [7, 11) is 0. The van der Waals surface area contributed by atoms with E-state index in [-0.39, 0.29) is 11.7 Å². The van der Waals surface area contributed by atoms with Crippen LogP contribution in [0.5, 0.6) is 0 Å². The van der Waals surface area contributed by atoms with E-state index in [1.165, 1.54) is 5.56 Å². The summed E-state index contributed by atoms with van der Waals surface area (Å²) in [6.45, 7) is 6.04. The van der Waals surface area contributed by atoms with Gasteiger partial charge >= 0.3 is 0 Å². The Morgan fingerprint density at radius 2 is 1.94 bits per heavy atom. The highest BCUT2D eigenvalue weighted by Crippen LogP contribution is 2.17. The zero-order valence-electron chi connectivity index (χ0n) is 10.7. The molecule has 4 heteroatoms. The van der Waals surface area contributed by atoms with Crippen LogP contribution in [0.15, 0.2) is 34.9 Å². The molecule has 4 nitrogen and oxygen atoms in total. The summed E-state index contributed by atoms with van der Waals surface area (Å²) < 4.78 is 4.90. The maximum atomic E-state index is 11.8. The molecule has 0 bridgehead atoms. The van der Waals surface area contributed by atoms with Gasteiger partial charge in [-0.15, -0.1) is 0 Å². The maximum absolute atomic E-state index is 11.8. The highest BCUT2D eigenvalue weighted by Gasteiger charge is 2.11. The van der Waals surface area contributed by atoms with Crippen molar-refractivity contribution in [2.45, 2.75) is 26.7 Å². The molecule has 1 aromatic heterocycles. The van der Waals surface area contributed by atoms with Crippen molar-refractivity contribution < 1.29 is 9.32 Å². The molecule has 94 valence electrons. The van der Waals surface area contributed by atoms with E-state index < -0.39 is 0 Å². The lowest BCUT2D eigenvalue weighted by Crippen LogP contribution is -2.10. The fourth-order valence-electron chi connectivity index (χ4n) is 1.61. The number of aromatic nitrogens is 1. The smallest absolute Gasteiger partial charge is 0.294 e. The lowest BCUT2D eigenvalue weighted by Gasteiger charge is -2.07. The van der Waals surface area contributed by atoms with Gasteiger partial charge in [-0.1, -0.05) is 31.1 Å². The molecule has 0 aliphatic rings. The average Bonchev–Trinajstić information content (AvgIpc) is 2.76. The van der Waals surface area contributed by atoms with Crippen molar-refractivity contribution in [2.24, 2.45) is 0 Å². The highest BCUT2D eigenvalue weighted by atomic mass is 16.5. The Hall–Kier alpha value is -2.10. The minimum atomic E-state index is -0.284. The highest BCUT2D eigenvalue weighted by molar-refractivity contribution is 6.02. The van der Waals surface area contributed by atoms with Crippen LogP contribution >= 0.6 is 0 Å². The third kappa shape index (κ3) is 2.77. The average molecular weight is 244 g/mol. The summed E-state index contributed by atoms with van der Waals surface area (Å²) in [4.78, 5) is 11.8. The second-order valence-electron chi connectivity index (χ2n) is 4.56. The van der Waals surface area contributed by atoms with Gasteiger partial charge in [-0.2, -0.15) is 0 Å². The van der Waals surface area contributed by atoms with Gasteiger partial charge in [0.25, 0.3) is 5.91 Å². The van der Waals surface area contributed by atoms with Crippen LogP contribution in [-0.4, -0.2) is 11.1 Å². The molecule has 0 fully saturated rings. The van der Waals surface area contributed by atoms with E-state index in [0.717, 1.165) is 5.69 Å². The number of hydrogen-bond acceptors (Lipinski definition) is 3. The summed E-state index contributed by atoms with van der Waals surface area (Å²) in [5.41, 5.74) is 2.68. The maximum Gasteiger partial charge on any atom is 0.294 e. The Balaban J connectivity index is 2.07. The largest absolute Gasteiger partial charge is 0.351 e. The van der Waals surface area contributed by atoms with Crippen LogP contribution in [0.2, 0.25) is 0 Å². The first-order chi connectivity index (χ1) is 8.56. The van der Waals surface area contributed by atoms with Crippen molar-refractivity contribution in [1.29, 1.82) is 0 Å². The molecular weight excluding hydrogens is 228 g/mol. The van der Waals surface area contributed by atoms with Gasteiger partial charge in [-0.05, 0) is 30.5 Å². The fourth-order valence-corrected chi connectivity index (χ4v) is 1.61. The molecule has 0 aliphatic heterocycles. The van der Waals surface area contributed by atoms with E-state index in [9.17, 15) is 4.79 Å². The van der Waals surface area contributed by atoms with Gasteiger partial charge in [-0.25, -0.2) is 0 Å². The van der Waals surface area contributed by atoms with Crippen LogP contribution < -0.4 is 5.32 Å². The van der Waals surface area contributed by atoms with Crippen molar-refractivity contribution in [3.8, 4) is 0 Å². The van der Waals surface area contributed by atoms with Gasteiger partial charge in [0.1, 0.15) is 0 Å². The van der Waals surface area contributed by atoms with Gasteiger partial charge in [0, 0.05) is 11.8 Å². The molecule has 1 amide bonds. The Morgan fingerprint density at radius 3 is 2.44 bits per heavy atom. The normalized spacial score (nSPS) is 10.7. The first kappa shape index (κ1) is 12.4. The molecule has 0 unspecified atom stereocenters. The van der Waals surface area contributed by atoms with Gasteiger partial charge in [0.15, 0.2) is 0 Å². The number of anilines is 1. The number of rotatable bonds is 3. The lowest BCUT2D eigenvalue weighted by molar-refractivity contribution is 0.0988. The predicted molar refractivity (Wildman–Crippen MR) is 69.7 cm³/mol. The van der Waals surface area contributed by atoms with Crippen LogP contribution in [-0.2, 0) is 0 Å². The molecule has 0 aliphatic carbocycles. The van der Waals surface area contributed by atoms with Crippen LogP contribution in [0.3, 0.4) is 0 Å². The second-order valence-corrected chi connectivity index (χ2v) is 4.56. The van der Waals surface area contributed by atoms with Gasteiger partial charge in [-0.3, -0.25) is 4.79 Å². The molecule has 1 N–H and O–H groups in total. The molecule has 0 spiro atoms. The first-order valence-electron chi connectivity index (χ1n) is 5.91. The van der Waals surface area contributed by atoms with Crippen molar-refractivity contribution in [2.75, 3.05) is 5.32 Å². The molecule has 0 atom stereocenters. The van der Waals surface area contributed by atoms with E-state index in [2.05, 4.69) is 24.3 Å². The molecule has 1 heterocycles. The number of carbonyl (C=O) groups is 1. The Bertz CT molecular complexity index is 541. The number of amides is 1. The predicted octanol–water partition coefficient (Wildman–Crippen LogP) is 3.36. The zero-order valence-corrected chi connectivity index (χ0v) is 10.7. The summed E-state index contributed by atoms with van der Waals surface area (Å²) in [6.07, 6.45) is 0. The topological polar surface area (TPSA) is 55.1 Å². The fraction of sp³-hybridized carbons (Fsp3) is 0.286. The molecule has 2 rings (SSSR count). The van der Waals surface area contributed by atoms with Crippen LogP contribution in [0.4, 0.5) is 5.69 Å². The van der Waals surface area contributed by atoms with Crippen molar-refractivity contribution in [1.82, 2.24) is 5.16 Å².